The van der Waals surface area contributed by atoms with Gasteiger partial charge in [0.1, 0.15) is 0 Å². The molecule has 2 amide bonds. The standard InChI is InChI=1S/C22H27N3O3/c1-3-20(27)24(2)14-18-22(17-7-5-4-6-8-17)19(15-26)25(18)21(28)13-16-9-11-23-12-10-16/h4-12,18-19,22,26H,3,13-15H2,1-2H3/t18-,19+,22-/m0/s1. The van der Waals surface area contributed by atoms with Crippen LogP contribution in [0.25, 0.3) is 0 Å². The van der Waals surface area contributed by atoms with E-state index in [-0.39, 0.29) is 42.8 Å². The van der Waals surface area contributed by atoms with E-state index in [9.17, 15) is 14.7 Å². The molecule has 2 aromatic rings. The van der Waals surface area contributed by atoms with Crippen LogP contribution in [0.3, 0.4) is 0 Å². The lowest BCUT2D eigenvalue weighted by Crippen LogP contribution is -2.68. The second kappa shape index (κ2) is 8.97. The minimum absolute atomic E-state index is 0.000281. The monoisotopic (exact) mass is 381 g/mol. The maximum absolute atomic E-state index is 13.1. The summed E-state index contributed by atoms with van der Waals surface area (Å²) in [7, 11) is 1.77. The Morgan fingerprint density at radius 2 is 1.79 bits per heavy atom. The van der Waals surface area contributed by atoms with Gasteiger partial charge in [-0.1, -0.05) is 37.3 Å². The average Bonchev–Trinajstić information content (AvgIpc) is 2.71. The van der Waals surface area contributed by atoms with Crippen molar-refractivity contribution in [3.8, 4) is 0 Å². The quantitative estimate of drug-likeness (QED) is 0.794. The molecule has 1 aliphatic rings. The molecule has 2 heterocycles. The molecular weight excluding hydrogens is 354 g/mol. The first kappa shape index (κ1) is 20.0. The van der Waals surface area contributed by atoms with Gasteiger partial charge in [0, 0.05) is 38.3 Å². The normalized spacial score (nSPS) is 21.1. The van der Waals surface area contributed by atoms with Crippen molar-refractivity contribution in [1.82, 2.24) is 14.8 Å². The number of aromatic nitrogens is 1. The fourth-order valence-electron chi connectivity index (χ4n) is 4.06. The molecule has 0 unspecified atom stereocenters. The molecule has 6 nitrogen and oxygen atoms in total. The van der Waals surface area contributed by atoms with Crippen molar-refractivity contribution in [2.45, 2.75) is 37.8 Å². The molecule has 6 heteroatoms. The highest BCUT2D eigenvalue weighted by molar-refractivity contribution is 5.81. The summed E-state index contributed by atoms with van der Waals surface area (Å²) in [5, 5.41) is 10.0. The summed E-state index contributed by atoms with van der Waals surface area (Å²) in [5.41, 5.74) is 1.97. The van der Waals surface area contributed by atoms with E-state index in [0.717, 1.165) is 11.1 Å². The number of aliphatic hydroxyl groups is 1. The van der Waals surface area contributed by atoms with E-state index in [1.165, 1.54) is 0 Å². The van der Waals surface area contributed by atoms with Crippen LogP contribution in [-0.4, -0.2) is 64.0 Å². The Kier molecular flexibility index (Phi) is 6.41. The number of likely N-dealkylation sites (N-methyl/N-ethyl adjacent to an activating group) is 1. The van der Waals surface area contributed by atoms with Crippen molar-refractivity contribution >= 4 is 11.8 Å². The summed E-state index contributed by atoms with van der Waals surface area (Å²) in [5.74, 6) is 0.000248. The Morgan fingerprint density at radius 1 is 1.11 bits per heavy atom. The molecule has 0 radical (unpaired) electrons. The first-order valence-electron chi connectivity index (χ1n) is 9.66. The summed E-state index contributed by atoms with van der Waals surface area (Å²) >= 11 is 0. The third kappa shape index (κ3) is 4.07. The fourth-order valence-corrected chi connectivity index (χ4v) is 4.06. The van der Waals surface area contributed by atoms with Gasteiger partial charge in [-0.15, -0.1) is 0 Å². The average molecular weight is 381 g/mol. The van der Waals surface area contributed by atoms with Crippen LogP contribution in [0.1, 0.15) is 30.4 Å². The Labute approximate surface area is 165 Å². The molecule has 1 aromatic carbocycles. The summed E-state index contributed by atoms with van der Waals surface area (Å²) in [6.45, 7) is 2.17. The Bertz CT molecular complexity index is 797. The zero-order valence-electron chi connectivity index (χ0n) is 16.4. The third-order valence-corrected chi connectivity index (χ3v) is 5.50. The van der Waals surface area contributed by atoms with E-state index >= 15 is 0 Å². The lowest BCUT2D eigenvalue weighted by atomic mass is 9.74. The molecule has 1 aromatic heterocycles. The highest BCUT2D eigenvalue weighted by Crippen LogP contribution is 2.41. The van der Waals surface area contributed by atoms with Gasteiger partial charge in [0.05, 0.1) is 25.1 Å². The smallest absolute Gasteiger partial charge is 0.227 e. The van der Waals surface area contributed by atoms with Gasteiger partial charge in [-0.05, 0) is 23.3 Å². The molecule has 1 N–H and O–H groups in total. The van der Waals surface area contributed by atoms with Crippen molar-refractivity contribution in [2.75, 3.05) is 20.2 Å². The molecule has 148 valence electrons. The van der Waals surface area contributed by atoms with Crippen LogP contribution in [0.5, 0.6) is 0 Å². The molecule has 3 rings (SSSR count). The summed E-state index contributed by atoms with van der Waals surface area (Å²) < 4.78 is 0. The fraction of sp³-hybridized carbons (Fsp3) is 0.409. The summed E-state index contributed by atoms with van der Waals surface area (Å²) in [4.78, 5) is 32.6. The highest BCUT2D eigenvalue weighted by atomic mass is 16.3. The van der Waals surface area contributed by atoms with Gasteiger partial charge in [0.2, 0.25) is 11.8 Å². The Hall–Kier alpha value is -2.73. The number of rotatable bonds is 7. The number of benzene rings is 1. The number of carbonyl (C=O) groups excluding carboxylic acids is 2. The van der Waals surface area contributed by atoms with E-state index in [1.807, 2.05) is 49.4 Å². The molecule has 0 saturated carbocycles. The molecule has 28 heavy (non-hydrogen) atoms. The van der Waals surface area contributed by atoms with E-state index < -0.39 is 0 Å². The first-order valence-corrected chi connectivity index (χ1v) is 9.66. The Balaban J connectivity index is 1.85. The van der Waals surface area contributed by atoms with Crippen molar-refractivity contribution in [1.29, 1.82) is 0 Å². The second-order valence-corrected chi connectivity index (χ2v) is 7.21. The highest BCUT2D eigenvalue weighted by Gasteiger charge is 2.51. The maximum Gasteiger partial charge on any atom is 0.227 e. The van der Waals surface area contributed by atoms with E-state index in [4.69, 9.17) is 0 Å². The number of carbonyl (C=O) groups is 2. The summed E-state index contributed by atoms with van der Waals surface area (Å²) in [6.07, 6.45) is 4.01. The van der Waals surface area contributed by atoms with Crippen molar-refractivity contribution in [3.63, 3.8) is 0 Å². The van der Waals surface area contributed by atoms with Crippen LogP contribution in [-0.2, 0) is 16.0 Å². The minimum atomic E-state index is -0.285. The van der Waals surface area contributed by atoms with Gasteiger partial charge in [-0.25, -0.2) is 0 Å². The van der Waals surface area contributed by atoms with E-state index in [1.54, 1.807) is 29.2 Å². The number of likely N-dealkylation sites (tertiary alicyclic amines) is 1. The van der Waals surface area contributed by atoms with Crippen LogP contribution < -0.4 is 0 Å². The molecule has 0 aliphatic carbocycles. The van der Waals surface area contributed by atoms with Gasteiger partial charge in [-0.2, -0.15) is 0 Å². The van der Waals surface area contributed by atoms with Crippen LogP contribution in [0.15, 0.2) is 54.9 Å². The lowest BCUT2D eigenvalue weighted by Gasteiger charge is -2.56. The van der Waals surface area contributed by atoms with Crippen molar-refractivity contribution < 1.29 is 14.7 Å². The first-order chi connectivity index (χ1) is 13.6. The van der Waals surface area contributed by atoms with Crippen molar-refractivity contribution in [3.05, 3.63) is 66.0 Å². The number of hydrogen-bond donors (Lipinski definition) is 1. The van der Waals surface area contributed by atoms with E-state index in [2.05, 4.69) is 4.98 Å². The number of hydrogen-bond acceptors (Lipinski definition) is 4. The third-order valence-electron chi connectivity index (χ3n) is 5.50. The largest absolute Gasteiger partial charge is 0.394 e. The van der Waals surface area contributed by atoms with Crippen LogP contribution in [0, 0.1) is 0 Å². The maximum atomic E-state index is 13.1. The second-order valence-electron chi connectivity index (χ2n) is 7.21. The molecule has 0 spiro atoms. The minimum Gasteiger partial charge on any atom is -0.394 e. The summed E-state index contributed by atoms with van der Waals surface area (Å²) in [6, 6.07) is 13.1. The lowest BCUT2D eigenvalue weighted by molar-refractivity contribution is -0.153. The SMILES string of the molecule is CCC(=O)N(C)C[C@H]1[C@H](c2ccccc2)[C@@H](CO)N1C(=O)Cc1ccncc1. The number of amides is 2. The topological polar surface area (TPSA) is 73.7 Å². The molecular formula is C22H27N3O3. The number of aliphatic hydroxyl groups excluding tert-OH is 1. The zero-order chi connectivity index (χ0) is 20.1. The molecule has 0 bridgehead atoms. The van der Waals surface area contributed by atoms with Gasteiger partial charge in [0.15, 0.2) is 0 Å². The van der Waals surface area contributed by atoms with Gasteiger partial charge >= 0.3 is 0 Å². The van der Waals surface area contributed by atoms with Gasteiger partial charge < -0.3 is 14.9 Å². The number of pyridine rings is 1. The van der Waals surface area contributed by atoms with E-state index in [0.29, 0.717) is 13.0 Å². The van der Waals surface area contributed by atoms with Gasteiger partial charge in [-0.3, -0.25) is 14.6 Å². The Morgan fingerprint density at radius 3 is 2.39 bits per heavy atom. The molecule has 3 atom stereocenters. The number of nitrogens with zero attached hydrogens (tertiary/aromatic N) is 3. The zero-order valence-corrected chi connectivity index (χ0v) is 16.4. The van der Waals surface area contributed by atoms with Crippen LogP contribution >= 0.6 is 0 Å². The predicted molar refractivity (Wildman–Crippen MR) is 107 cm³/mol. The van der Waals surface area contributed by atoms with Crippen LogP contribution in [0.2, 0.25) is 0 Å². The molecule has 1 fully saturated rings. The predicted octanol–water partition coefficient (Wildman–Crippen LogP) is 1.85. The van der Waals surface area contributed by atoms with Gasteiger partial charge in [0.25, 0.3) is 0 Å². The van der Waals surface area contributed by atoms with Crippen LogP contribution in [0.4, 0.5) is 0 Å². The van der Waals surface area contributed by atoms with Crippen molar-refractivity contribution in [2.24, 2.45) is 0 Å². The molecule has 1 saturated heterocycles. The molecule has 1 aliphatic heterocycles.